The van der Waals surface area contributed by atoms with E-state index in [0.29, 0.717) is 10.1 Å². The molecule has 2 aromatic rings. The molecule has 1 saturated heterocycles. The molecular weight excluding hydrogens is 318 g/mol. The number of benzene rings is 1. The molecular formula is C19H21N3OS. The number of thioether (sulfide) groups is 1. The highest BCUT2D eigenvalue weighted by Gasteiger charge is 2.30. The average Bonchev–Trinajstić information content (AvgIpc) is 2.99. The van der Waals surface area contributed by atoms with Crippen LogP contribution < -0.4 is 0 Å². The van der Waals surface area contributed by atoms with Gasteiger partial charge in [0.05, 0.1) is 10.6 Å². The van der Waals surface area contributed by atoms with Crippen molar-refractivity contribution in [3.63, 3.8) is 0 Å². The molecule has 0 unspecified atom stereocenters. The third kappa shape index (κ3) is 3.04. The number of rotatable bonds is 3. The van der Waals surface area contributed by atoms with Gasteiger partial charge < -0.3 is 4.57 Å². The van der Waals surface area contributed by atoms with Gasteiger partial charge in [-0.3, -0.25) is 9.69 Å². The van der Waals surface area contributed by atoms with Gasteiger partial charge >= 0.3 is 0 Å². The minimum absolute atomic E-state index is 0.00372. The van der Waals surface area contributed by atoms with E-state index in [2.05, 4.69) is 36.4 Å². The van der Waals surface area contributed by atoms with E-state index < -0.39 is 0 Å². The molecule has 1 amide bonds. The molecule has 1 aliphatic rings. The maximum absolute atomic E-state index is 12.5. The topological polar surface area (TPSA) is 37.6 Å². The second-order valence-electron chi connectivity index (χ2n) is 5.78. The van der Waals surface area contributed by atoms with Crippen LogP contribution in [0.1, 0.15) is 23.9 Å². The summed E-state index contributed by atoms with van der Waals surface area (Å²) in [4.78, 5) is 19.4. The number of aromatic nitrogens is 1. The first kappa shape index (κ1) is 16.6. The molecule has 0 aliphatic carbocycles. The molecule has 24 heavy (non-hydrogen) atoms. The van der Waals surface area contributed by atoms with Gasteiger partial charge in [0, 0.05) is 25.0 Å². The van der Waals surface area contributed by atoms with Gasteiger partial charge in [0.2, 0.25) is 0 Å². The quantitative estimate of drug-likeness (QED) is 0.779. The Morgan fingerprint density at radius 1 is 1.21 bits per heavy atom. The number of hydrogen-bond donors (Lipinski definition) is 0. The number of carbonyl (C=O) groups is 1. The molecule has 0 radical (unpaired) electrons. The monoisotopic (exact) mass is 339 g/mol. The molecule has 0 spiro atoms. The Morgan fingerprint density at radius 2 is 1.92 bits per heavy atom. The van der Waals surface area contributed by atoms with Gasteiger partial charge in [-0.05, 0) is 62.4 Å². The van der Waals surface area contributed by atoms with Crippen molar-refractivity contribution in [2.75, 3.05) is 7.05 Å². The van der Waals surface area contributed by atoms with Gasteiger partial charge in [0.15, 0.2) is 5.17 Å². The lowest BCUT2D eigenvalue weighted by Crippen LogP contribution is -2.23. The predicted molar refractivity (Wildman–Crippen MR) is 101 cm³/mol. The van der Waals surface area contributed by atoms with Crippen LogP contribution in [0.4, 0.5) is 5.69 Å². The third-order valence-electron chi connectivity index (χ3n) is 4.20. The SMILES string of the molecule is CCn1c(C)cc(/C=C2\SC(=Nc3ccccc3)N(C)C2=O)c1C. The van der Waals surface area contributed by atoms with Gasteiger partial charge in [0.1, 0.15) is 0 Å². The van der Waals surface area contributed by atoms with Gasteiger partial charge in [-0.25, -0.2) is 4.99 Å². The van der Waals surface area contributed by atoms with Crippen LogP contribution in [0.5, 0.6) is 0 Å². The summed E-state index contributed by atoms with van der Waals surface area (Å²) in [5.74, 6) is -0.00372. The Morgan fingerprint density at radius 3 is 2.54 bits per heavy atom. The summed E-state index contributed by atoms with van der Waals surface area (Å²) in [6.45, 7) is 7.25. The van der Waals surface area contributed by atoms with E-state index in [0.717, 1.165) is 17.8 Å². The number of nitrogens with zero attached hydrogens (tertiary/aromatic N) is 3. The lowest BCUT2D eigenvalue weighted by Gasteiger charge is -2.06. The summed E-state index contributed by atoms with van der Waals surface area (Å²) in [7, 11) is 1.77. The largest absolute Gasteiger partial charge is 0.349 e. The lowest BCUT2D eigenvalue weighted by molar-refractivity contribution is -0.121. The lowest BCUT2D eigenvalue weighted by atomic mass is 10.2. The van der Waals surface area contributed by atoms with Crippen molar-refractivity contribution in [3.05, 3.63) is 58.3 Å². The Bertz CT molecular complexity index is 834. The van der Waals surface area contributed by atoms with E-state index >= 15 is 0 Å². The van der Waals surface area contributed by atoms with Crippen LogP contribution >= 0.6 is 11.8 Å². The minimum atomic E-state index is -0.00372. The van der Waals surface area contributed by atoms with Crippen LogP contribution in [0.15, 0.2) is 46.3 Å². The van der Waals surface area contributed by atoms with E-state index in [9.17, 15) is 4.79 Å². The van der Waals surface area contributed by atoms with E-state index in [1.165, 1.54) is 23.1 Å². The summed E-state index contributed by atoms with van der Waals surface area (Å²) >= 11 is 1.43. The molecule has 1 aromatic heterocycles. The molecule has 3 rings (SSSR count). The van der Waals surface area contributed by atoms with Gasteiger partial charge in [-0.15, -0.1) is 0 Å². The third-order valence-corrected chi connectivity index (χ3v) is 5.26. The number of likely N-dealkylation sites (N-methyl/N-ethyl adjacent to an activating group) is 1. The van der Waals surface area contributed by atoms with Crippen LogP contribution in [0.2, 0.25) is 0 Å². The number of amidine groups is 1. The van der Waals surface area contributed by atoms with Crippen LogP contribution in [-0.4, -0.2) is 27.6 Å². The number of hydrogen-bond acceptors (Lipinski definition) is 3. The van der Waals surface area contributed by atoms with E-state index in [1.807, 2.05) is 36.4 Å². The molecule has 0 N–H and O–H groups in total. The fourth-order valence-corrected chi connectivity index (χ4v) is 3.84. The number of amides is 1. The summed E-state index contributed by atoms with van der Waals surface area (Å²) in [5.41, 5.74) is 4.35. The Balaban J connectivity index is 1.93. The number of para-hydroxylation sites is 1. The number of aryl methyl sites for hydroxylation is 1. The van der Waals surface area contributed by atoms with Gasteiger partial charge in [-0.2, -0.15) is 0 Å². The molecule has 0 saturated carbocycles. The standard InChI is InChI=1S/C19H21N3OS/c1-5-22-13(2)11-15(14(22)3)12-17-18(23)21(4)19(24-17)20-16-9-7-6-8-10-16/h6-12H,5H2,1-4H3/b17-12-,20-19?. The first-order valence-electron chi connectivity index (χ1n) is 7.99. The first-order chi connectivity index (χ1) is 11.5. The van der Waals surface area contributed by atoms with Gasteiger partial charge in [-0.1, -0.05) is 18.2 Å². The zero-order chi connectivity index (χ0) is 17.3. The maximum Gasteiger partial charge on any atom is 0.266 e. The van der Waals surface area contributed by atoms with Crippen molar-refractivity contribution in [3.8, 4) is 0 Å². The molecule has 1 aliphatic heterocycles. The van der Waals surface area contributed by atoms with Crippen molar-refractivity contribution >= 4 is 34.6 Å². The second kappa shape index (κ2) is 6.69. The predicted octanol–water partition coefficient (Wildman–Crippen LogP) is 4.36. The number of carbonyl (C=O) groups excluding carboxylic acids is 1. The molecule has 0 atom stereocenters. The molecule has 5 heteroatoms. The molecule has 1 fully saturated rings. The smallest absolute Gasteiger partial charge is 0.266 e. The van der Waals surface area contributed by atoms with Crippen molar-refractivity contribution in [1.82, 2.24) is 9.47 Å². The highest BCUT2D eigenvalue weighted by molar-refractivity contribution is 8.18. The van der Waals surface area contributed by atoms with Crippen molar-refractivity contribution < 1.29 is 4.79 Å². The van der Waals surface area contributed by atoms with Crippen molar-refractivity contribution in [2.45, 2.75) is 27.3 Å². The normalized spacial score (nSPS) is 18.2. The zero-order valence-corrected chi connectivity index (χ0v) is 15.2. The highest BCUT2D eigenvalue weighted by atomic mass is 32.2. The molecule has 2 heterocycles. The van der Waals surface area contributed by atoms with E-state index in [4.69, 9.17) is 0 Å². The Hall–Kier alpha value is -2.27. The fraction of sp³-hybridized carbons (Fsp3) is 0.263. The van der Waals surface area contributed by atoms with Crippen molar-refractivity contribution in [1.29, 1.82) is 0 Å². The van der Waals surface area contributed by atoms with E-state index in [1.54, 1.807) is 11.9 Å². The molecule has 0 bridgehead atoms. The van der Waals surface area contributed by atoms with Crippen LogP contribution in [0.3, 0.4) is 0 Å². The number of aliphatic imine (C=N–C) groups is 1. The second-order valence-corrected chi connectivity index (χ2v) is 6.78. The Kier molecular flexibility index (Phi) is 4.62. The first-order valence-corrected chi connectivity index (χ1v) is 8.81. The summed E-state index contributed by atoms with van der Waals surface area (Å²) in [6.07, 6.45) is 1.98. The summed E-state index contributed by atoms with van der Waals surface area (Å²) in [6, 6.07) is 11.8. The minimum Gasteiger partial charge on any atom is -0.349 e. The molecule has 4 nitrogen and oxygen atoms in total. The van der Waals surface area contributed by atoms with E-state index in [-0.39, 0.29) is 5.91 Å². The highest BCUT2D eigenvalue weighted by Crippen LogP contribution is 2.33. The molecule has 124 valence electrons. The zero-order valence-electron chi connectivity index (χ0n) is 14.4. The van der Waals surface area contributed by atoms with Crippen LogP contribution in [-0.2, 0) is 11.3 Å². The summed E-state index contributed by atoms with van der Waals surface area (Å²) < 4.78 is 2.25. The van der Waals surface area contributed by atoms with Crippen LogP contribution in [0.25, 0.3) is 6.08 Å². The van der Waals surface area contributed by atoms with Crippen molar-refractivity contribution in [2.24, 2.45) is 4.99 Å². The maximum atomic E-state index is 12.5. The average molecular weight is 339 g/mol. The summed E-state index contributed by atoms with van der Waals surface area (Å²) in [5, 5.41) is 0.710. The Labute approximate surface area is 146 Å². The van der Waals surface area contributed by atoms with Crippen LogP contribution in [0, 0.1) is 13.8 Å². The van der Waals surface area contributed by atoms with Gasteiger partial charge in [0.25, 0.3) is 5.91 Å². The fourth-order valence-electron chi connectivity index (χ4n) is 2.87. The molecule has 1 aromatic carbocycles.